The fraction of sp³-hybridized carbons (Fsp3) is 0.318. The summed E-state index contributed by atoms with van der Waals surface area (Å²) in [6, 6.07) is 11.9. The number of anilines is 1. The van der Waals surface area contributed by atoms with Gasteiger partial charge >= 0.3 is 0 Å². The molecule has 4 rings (SSSR count). The van der Waals surface area contributed by atoms with Crippen LogP contribution in [0, 0.1) is 24.0 Å². The number of carbonyl (C=O) groups excluding carboxylic acids is 2. The van der Waals surface area contributed by atoms with E-state index < -0.39 is 10.2 Å². The topological polar surface area (TPSA) is 105 Å². The Morgan fingerprint density at radius 3 is 2.71 bits per heavy atom. The first-order chi connectivity index (χ1) is 14.8. The number of non-ortho nitro benzene ring substituents is 1. The van der Waals surface area contributed by atoms with Crippen LogP contribution in [-0.2, 0) is 9.59 Å². The maximum atomic E-state index is 13.0. The molecule has 1 aliphatic heterocycles. The van der Waals surface area contributed by atoms with Gasteiger partial charge in [0.1, 0.15) is 5.25 Å². The standard InChI is InChI=1S/C22H22N4O4S/c1-13-6-9-18(14(2)10-13)24-22-25(16-7-8-16)21(28)19(31-22)12-20(27)23-15-4-3-5-17(11-15)26(29)30/h3-6,9-11,16,19H,7-8,12H2,1-2H3,(H,23,27). The fourth-order valence-corrected chi connectivity index (χ4v) is 4.68. The molecular weight excluding hydrogens is 416 g/mol. The summed E-state index contributed by atoms with van der Waals surface area (Å²) < 4.78 is 0. The van der Waals surface area contributed by atoms with E-state index in [1.165, 1.54) is 30.0 Å². The number of nitro groups is 1. The highest BCUT2D eigenvalue weighted by atomic mass is 32.2. The lowest BCUT2D eigenvalue weighted by atomic mass is 10.1. The minimum Gasteiger partial charge on any atom is -0.326 e. The summed E-state index contributed by atoms with van der Waals surface area (Å²) in [7, 11) is 0. The molecule has 8 nitrogen and oxygen atoms in total. The molecule has 0 radical (unpaired) electrons. The Morgan fingerprint density at radius 1 is 1.26 bits per heavy atom. The summed E-state index contributed by atoms with van der Waals surface area (Å²) >= 11 is 1.31. The average Bonchev–Trinajstić information content (AvgIpc) is 3.50. The Balaban J connectivity index is 1.49. The van der Waals surface area contributed by atoms with Crippen LogP contribution in [0.2, 0.25) is 0 Å². The number of thioether (sulfide) groups is 1. The number of amides is 2. The van der Waals surface area contributed by atoms with Crippen LogP contribution in [0.3, 0.4) is 0 Å². The van der Waals surface area contributed by atoms with Gasteiger partial charge in [0.2, 0.25) is 11.8 Å². The largest absolute Gasteiger partial charge is 0.326 e. The fourth-order valence-electron chi connectivity index (χ4n) is 3.47. The van der Waals surface area contributed by atoms with Crippen LogP contribution in [0.1, 0.15) is 30.4 Å². The molecule has 1 N–H and O–H groups in total. The van der Waals surface area contributed by atoms with E-state index in [0.717, 1.165) is 29.7 Å². The van der Waals surface area contributed by atoms with Gasteiger partial charge in [0, 0.05) is 30.3 Å². The molecule has 0 bridgehead atoms. The smallest absolute Gasteiger partial charge is 0.271 e. The lowest BCUT2D eigenvalue weighted by molar-refractivity contribution is -0.384. The Bertz CT molecular complexity index is 1100. The first-order valence-electron chi connectivity index (χ1n) is 10.0. The molecule has 160 valence electrons. The summed E-state index contributed by atoms with van der Waals surface area (Å²) in [6.45, 7) is 4.00. The third-order valence-electron chi connectivity index (χ3n) is 5.16. The third kappa shape index (κ3) is 4.77. The van der Waals surface area contributed by atoms with Gasteiger partial charge in [-0.3, -0.25) is 24.6 Å². The number of rotatable bonds is 6. The summed E-state index contributed by atoms with van der Waals surface area (Å²) in [6.07, 6.45) is 1.84. The number of hydrogen-bond donors (Lipinski definition) is 1. The van der Waals surface area contributed by atoms with E-state index in [1.807, 2.05) is 32.0 Å². The number of nitrogens with zero attached hydrogens (tertiary/aromatic N) is 3. The van der Waals surface area contributed by atoms with Gasteiger partial charge in [-0.05, 0) is 44.4 Å². The number of nitrogens with one attached hydrogen (secondary N) is 1. The number of carbonyl (C=O) groups is 2. The molecule has 1 atom stereocenters. The normalized spacial score (nSPS) is 19.7. The van der Waals surface area contributed by atoms with Crippen molar-refractivity contribution in [2.24, 2.45) is 4.99 Å². The monoisotopic (exact) mass is 438 g/mol. The molecule has 1 unspecified atom stereocenters. The van der Waals surface area contributed by atoms with E-state index in [9.17, 15) is 19.7 Å². The Hall–Kier alpha value is -3.20. The van der Waals surface area contributed by atoms with Crippen molar-refractivity contribution in [3.63, 3.8) is 0 Å². The van der Waals surface area contributed by atoms with Crippen LogP contribution < -0.4 is 5.32 Å². The van der Waals surface area contributed by atoms with Gasteiger partial charge in [0.05, 0.1) is 10.6 Å². The third-order valence-corrected chi connectivity index (χ3v) is 6.31. The van der Waals surface area contributed by atoms with Crippen molar-refractivity contribution in [1.29, 1.82) is 0 Å². The number of nitro benzene ring substituents is 1. The van der Waals surface area contributed by atoms with E-state index in [0.29, 0.717) is 10.9 Å². The van der Waals surface area contributed by atoms with Gasteiger partial charge < -0.3 is 5.32 Å². The first-order valence-corrected chi connectivity index (χ1v) is 10.9. The van der Waals surface area contributed by atoms with Crippen LogP contribution in [0.5, 0.6) is 0 Å². The average molecular weight is 439 g/mol. The molecule has 2 aromatic rings. The maximum Gasteiger partial charge on any atom is 0.271 e. The van der Waals surface area contributed by atoms with Gasteiger partial charge in [-0.2, -0.15) is 0 Å². The highest BCUT2D eigenvalue weighted by molar-refractivity contribution is 8.15. The Morgan fingerprint density at radius 2 is 2.03 bits per heavy atom. The second kappa shape index (κ2) is 8.50. The summed E-state index contributed by atoms with van der Waals surface area (Å²) in [5.41, 5.74) is 3.22. The quantitative estimate of drug-likeness (QED) is 0.534. The van der Waals surface area contributed by atoms with E-state index in [2.05, 4.69) is 5.32 Å². The van der Waals surface area contributed by atoms with Crippen LogP contribution in [0.4, 0.5) is 17.1 Å². The van der Waals surface area contributed by atoms with Crippen molar-refractivity contribution < 1.29 is 14.5 Å². The SMILES string of the molecule is Cc1ccc(N=C2SC(CC(=O)Nc3cccc([N+](=O)[O-])c3)C(=O)N2C2CC2)c(C)c1. The first kappa shape index (κ1) is 21.0. The maximum absolute atomic E-state index is 13.0. The van der Waals surface area contributed by atoms with Crippen LogP contribution >= 0.6 is 11.8 Å². The van der Waals surface area contributed by atoms with Crippen LogP contribution in [0.25, 0.3) is 0 Å². The summed E-state index contributed by atoms with van der Waals surface area (Å²) in [4.78, 5) is 42.4. The van der Waals surface area contributed by atoms with Crippen LogP contribution in [-0.4, -0.2) is 38.1 Å². The second-order valence-electron chi connectivity index (χ2n) is 7.79. The molecular formula is C22H22N4O4S. The van der Waals surface area contributed by atoms with E-state index in [1.54, 1.807) is 11.0 Å². The van der Waals surface area contributed by atoms with Crippen molar-refractivity contribution in [2.75, 3.05) is 5.32 Å². The molecule has 2 amide bonds. The van der Waals surface area contributed by atoms with E-state index in [4.69, 9.17) is 4.99 Å². The Labute approximate surface area is 183 Å². The van der Waals surface area contributed by atoms with E-state index >= 15 is 0 Å². The summed E-state index contributed by atoms with van der Waals surface area (Å²) in [5, 5.41) is 13.6. The lowest BCUT2D eigenvalue weighted by Crippen LogP contribution is -2.35. The summed E-state index contributed by atoms with van der Waals surface area (Å²) in [5.74, 6) is -0.472. The molecule has 2 fully saturated rings. The highest BCUT2D eigenvalue weighted by Gasteiger charge is 2.46. The molecule has 1 saturated heterocycles. The molecule has 1 aliphatic carbocycles. The lowest BCUT2D eigenvalue weighted by Gasteiger charge is -2.15. The predicted molar refractivity (Wildman–Crippen MR) is 121 cm³/mol. The van der Waals surface area contributed by atoms with Crippen molar-refractivity contribution in [1.82, 2.24) is 4.90 Å². The van der Waals surface area contributed by atoms with Gasteiger partial charge in [-0.1, -0.05) is 35.5 Å². The molecule has 0 aromatic heterocycles. The molecule has 2 aromatic carbocycles. The number of aryl methyl sites for hydroxylation is 2. The van der Waals surface area contributed by atoms with Gasteiger partial charge in [0.25, 0.3) is 5.69 Å². The molecule has 9 heteroatoms. The van der Waals surface area contributed by atoms with Crippen molar-refractivity contribution in [3.8, 4) is 0 Å². The Kier molecular flexibility index (Phi) is 5.77. The van der Waals surface area contributed by atoms with Gasteiger partial charge in [0.15, 0.2) is 5.17 Å². The minimum absolute atomic E-state index is 0.0265. The van der Waals surface area contributed by atoms with Gasteiger partial charge in [-0.25, -0.2) is 4.99 Å². The van der Waals surface area contributed by atoms with E-state index in [-0.39, 0.29) is 30.0 Å². The highest BCUT2D eigenvalue weighted by Crippen LogP contribution is 2.40. The predicted octanol–water partition coefficient (Wildman–Crippen LogP) is 4.33. The number of benzene rings is 2. The van der Waals surface area contributed by atoms with Crippen molar-refractivity contribution in [3.05, 3.63) is 63.7 Å². The zero-order valence-corrected chi connectivity index (χ0v) is 18.0. The molecule has 31 heavy (non-hydrogen) atoms. The zero-order chi connectivity index (χ0) is 22.1. The molecule has 2 aliphatic rings. The zero-order valence-electron chi connectivity index (χ0n) is 17.2. The van der Waals surface area contributed by atoms with Gasteiger partial charge in [-0.15, -0.1) is 0 Å². The van der Waals surface area contributed by atoms with Crippen molar-refractivity contribution >= 4 is 45.8 Å². The van der Waals surface area contributed by atoms with Crippen molar-refractivity contribution in [2.45, 2.75) is 44.4 Å². The number of hydrogen-bond acceptors (Lipinski definition) is 6. The second-order valence-corrected chi connectivity index (χ2v) is 8.96. The molecule has 1 saturated carbocycles. The minimum atomic E-state index is -0.566. The number of amidine groups is 1. The van der Waals surface area contributed by atoms with Crippen LogP contribution in [0.15, 0.2) is 47.5 Å². The molecule has 0 spiro atoms. The number of aliphatic imine (C=N–C) groups is 1. The molecule has 1 heterocycles.